The molecule has 2 aromatic rings. The summed E-state index contributed by atoms with van der Waals surface area (Å²) >= 11 is 5.84. The van der Waals surface area contributed by atoms with E-state index in [2.05, 4.69) is 4.72 Å². The summed E-state index contributed by atoms with van der Waals surface area (Å²) in [4.78, 5) is 14.1. The van der Waals surface area contributed by atoms with Crippen LogP contribution in [0.4, 0.5) is 0 Å². The Hall–Kier alpha value is -2.09. The lowest BCUT2D eigenvalue weighted by Gasteiger charge is -2.19. The Morgan fingerprint density at radius 3 is 2.30 bits per heavy atom. The summed E-state index contributed by atoms with van der Waals surface area (Å²) in [5, 5.41) is 0.575. The number of amides is 1. The minimum absolute atomic E-state index is 0.0723. The molecule has 0 atom stereocenters. The second-order valence-electron chi connectivity index (χ2n) is 5.79. The molecule has 0 aliphatic rings. The number of carbonyl (C=O) groups is 1. The summed E-state index contributed by atoms with van der Waals surface area (Å²) in [6.07, 6.45) is 0. The summed E-state index contributed by atoms with van der Waals surface area (Å²) in [6.45, 7) is 4.92. The quantitative estimate of drug-likeness (QED) is 0.724. The van der Waals surface area contributed by atoms with Crippen LogP contribution in [-0.4, -0.2) is 39.4 Å². The molecule has 0 saturated carbocycles. The molecule has 0 heterocycles. The minimum atomic E-state index is -3.89. The maximum atomic E-state index is 12.8. The van der Waals surface area contributed by atoms with Crippen molar-refractivity contribution in [3.05, 3.63) is 58.6 Å². The van der Waals surface area contributed by atoms with Crippen molar-refractivity contribution in [2.24, 2.45) is 0 Å². The van der Waals surface area contributed by atoms with Gasteiger partial charge < -0.3 is 9.64 Å². The molecule has 2 aromatic carbocycles. The molecule has 0 fully saturated rings. The van der Waals surface area contributed by atoms with Gasteiger partial charge in [-0.05, 0) is 49.7 Å². The van der Waals surface area contributed by atoms with Crippen LogP contribution < -0.4 is 9.46 Å². The second kappa shape index (κ2) is 9.21. The molecule has 0 saturated heterocycles. The van der Waals surface area contributed by atoms with Crippen molar-refractivity contribution in [2.75, 3.05) is 20.2 Å². The summed E-state index contributed by atoms with van der Waals surface area (Å²) in [7, 11) is -2.50. The van der Waals surface area contributed by atoms with Crippen LogP contribution in [0.25, 0.3) is 0 Å². The van der Waals surface area contributed by atoms with Crippen LogP contribution in [0.3, 0.4) is 0 Å². The third kappa shape index (κ3) is 5.22. The lowest BCUT2D eigenvalue weighted by molar-refractivity contribution is 0.0772. The average molecular weight is 411 g/mol. The van der Waals surface area contributed by atoms with Gasteiger partial charge in [0.1, 0.15) is 10.6 Å². The molecule has 6 nitrogen and oxygen atoms in total. The van der Waals surface area contributed by atoms with Crippen LogP contribution in [0.15, 0.2) is 47.4 Å². The van der Waals surface area contributed by atoms with E-state index in [0.29, 0.717) is 23.7 Å². The molecular weight excluding hydrogens is 388 g/mol. The Bertz CT molecular complexity index is 894. The van der Waals surface area contributed by atoms with Gasteiger partial charge in [-0.25, -0.2) is 13.1 Å². The summed E-state index contributed by atoms with van der Waals surface area (Å²) in [6, 6.07) is 11.3. The van der Waals surface area contributed by atoms with Crippen molar-refractivity contribution in [1.82, 2.24) is 9.62 Å². The van der Waals surface area contributed by atoms with Crippen molar-refractivity contribution in [1.29, 1.82) is 0 Å². The Morgan fingerprint density at radius 2 is 1.74 bits per heavy atom. The highest BCUT2D eigenvalue weighted by atomic mass is 35.5. The third-order valence-corrected chi connectivity index (χ3v) is 5.80. The first-order chi connectivity index (χ1) is 12.8. The first-order valence-corrected chi connectivity index (χ1v) is 10.4. The molecule has 8 heteroatoms. The third-order valence-electron chi connectivity index (χ3n) is 4.13. The van der Waals surface area contributed by atoms with E-state index >= 15 is 0 Å². The Morgan fingerprint density at radius 1 is 1.11 bits per heavy atom. The summed E-state index contributed by atoms with van der Waals surface area (Å²) < 4.78 is 33.3. The van der Waals surface area contributed by atoms with Crippen molar-refractivity contribution >= 4 is 27.5 Å². The van der Waals surface area contributed by atoms with Gasteiger partial charge in [-0.15, -0.1) is 0 Å². The lowest BCUT2D eigenvalue weighted by Crippen LogP contribution is -2.31. The zero-order valence-corrected chi connectivity index (χ0v) is 17.1. The Balaban J connectivity index is 2.31. The predicted molar refractivity (Wildman–Crippen MR) is 106 cm³/mol. The standard InChI is InChI=1S/C19H23ClN2O4S/c1-4-22(5-2)19(23)15-8-11-17(26-3)18(12-15)27(24,25)21-13-14-6-9-16(20)10-7-14/h6-12,21H,4-5,13H2,1-3H3. The topological polar surface area (TPSA) is 75.7 Å². The van der Waals surface area contributed by atoms with Gasteiger partial charge in [0, 0.05) is 30.2 Å². The molecule has 2 rings (SSSR count). The van der Waals surface area contributed by atoms with Crippen LogP contribution in [0.5, 0.6) is 5.75 Å². The molecule has 27 heavy (non-hydrogen) atoms. The van der Waals surface area contributed by atoms with Gasteiger partial charge in [0.25, 0.3) is 5.91 Å². The van der Waals surface area contributed by atoms with Gasteiger partial charge in [-0.3, -0.25) is 4.79 Å². The van der Waals surface area contributed by atoms with Crippen molar-refractivity contribution in [2.45, 2.75) is 25.3 Å². The number of hydrogen-bond acceptors (Lipinski definition) is 4. The number of halogens is 1. The smallest absolute Gasteiger partial charge is 0.253 e. The fourth-order valence-corrected chi connectivity index (χ4v) is 3.91. The van der Waals surface area contributed by atoms with Gasteiger partial charge in [0.15, 0.2) is 0 Å². The van der Waals surface area contributed by atoms with Gasteiger partial charge in [0.05, 0.1) is 7.11 Å². The molecule has 146 valence electrons. The molecule has 0 unspecified atom stereocenters. The highest BCUT2D eigenvalue weighted by Gasteiger charge is 2.23. The molecule has 0 aliphatic heterocycles. The van der Waals surface area contributed by atoms with Gasteiger partial charge in [-0.1, -0.05) is 23.7 Å². The number of nitrogens with zero attached hydrogens (tertiary/aromatic N) is 1. The maximum absolute atomic E-state index is 12.8. The Labute approximate surface area is 165 Å². The number of methoxy groups -OCH3 is 1. The molecule has 0 aliphatic carbocycles. The molecule has 1 N–H and O–H groups in total. The van der Waals surface area contributed by atoms with E-state index in [1.807, 2.05) is 13.8 Å². The number of benzene rings is 2. The van der Waals surface area contributed by atoms with E-state index in [0.717, 1.165) is 5.56 Å². The monoisotopic (exact) mass is 410 g/mol. The first kappa shape index (κ1) is 21.2. The van der Waals surface area contributed by atoms with E-state index in [-0.39, 0.29) is 23.1 Å². The number of carbonyl (C=O) groups excluding carboxylic acids is 1. The highest BCUT2D eigenvalue weighted by Crippen LogP contribution is 2.26. The number of sulfonamides is 1. The molecule has 0 bridgehead atoms. The second-order valence-corrected chi connectivity index (χ2v) is 7.97. The van der Waals surface area contributed by atoms with Gasteiger partial charge >= 0.3 is 0 Å². The maximum Gasteiger partial charge on any atom is 0.253 e. The first-order valence-electron chi connectivity index (χ1n) is 8.53. The van der Waals surface area contributed by atoms with Gasteiger partial charge in [-0.2, -0.15) is 0 Å². The van der Waals surface area contributed by atoms with Crippen LogP contribution in [0.2, 0.25) is 5.02 Å². The molecule has 0 radical (unpaired) electrons. The average Bonchev–Trinajstić information content (AvgIpc) is 2.68. The van der Waals surface area contributed by atoms with Crippen molar-refractivity contribution in [3.8, 4) is 5.75 Å². The Kier molecular flexibility index (Phi) is 7.24. The normalized spacial score (nSPS) is 11.3. The SMILES string of the molecule is CCN(CC)C(=O)c1ccc(OC)c(S(=O)(=O)NCc2ccc(Cl)cc2)c1. The van der Waals surface area contributed by atoms with Crippen molar-refractivity contribution < 1.29 is 17.9 Å². The molecular formula is C19H23ClN2O4S. The number of nitrogens with one attached hydrogen (secondary N) is 1. The zero-order chi connectivity index (χ0) is 20.0. The number of ether oxygens (including phenoxy) is 1. The van der Waals surface area contributed by atoms with E-state index in [9.17, 15) is 13.2 Å². The van der Waals surface area contributed by atoms with Crippen LogP contribution >= 0.6 is 11.6 Å². The number of rotatable bonds is 8. The van der Waals surface area contributed by atoms with E-state index < -0.39 is 10.0 Å². The van der Waals surface area contributed by atoms with E-state index in [4.69, 9.17) is 16.3 Å². The largest absolute Gasteiger partial charge is 0.495 e. The predicted octanol–water partition coefficient (Wildman–Crippen LogP) is 3.31. The van der Waals surface area contributed by atoms with Gasteiger partial charge in [0.2, 0.25) is 10.0 Å². The zero-order valence-electron chi connectivity index (χ0n) is 15.5. The number of hydrogen-bond donors (Lipinski definition) is 1. The lowest BCUT2D eigenvalue weighted by atomic mass is 10.2. The van der Waals surface area contributed by atoms with Crippen LogP contribution in [0.1, 0.15) is 29.8 Å². The summed E-state index contributed by atoms with van der Waals surface area (Å²) in [5.41, 5.74) is 1.06. The molecule has 0 aromatic heterocycles. The fourth-order valence-electron chi connectivity index (χ4n) is 2.57. The van der Waals surface area contributed by atoms with Crippen LogP contribution in [-0.2, 0) is 16.6 Å². The van der Waals surface area contributed by atoms with E-state index in [1.54, 1.807) is 35.2 Å². The minimum Gasteiger partial charge on any atom is -0.495 e. The summed E-state index contributed by atoms with van der Waals surface area (Å²) in [5.74, 6) is -0.0495. The van der Waals surface area contributed by atoms with E-state index in [1.165, 1.54) is 19.2 Å². The molecule has 0 spiro atoms. The fraction of sp³-hybridized carbons (Fsp3) is 0.316. The molecule has 1 amide bonds. The van der Waals surface area contributed by atoms with Crippen molar-refractivity contribution in [3.63, 3.8) is 0 Å². The highest BCUT2D eigenvalue weighted by molar-refractivity contribution is 7.89. The van der Waals surface area contributed by atoms with Crippen LogP contribution in [0, 0.1) is 0 Å².